The molecule has 0 bridgehead atoms. The van der Waals surface area contributed by atoms with Gasteiger partial charge in [-0.15, -0.1) is 10.2 Å². The Labute approximate surface area is 186 Å². The van der Waals surface area contributed by atoms with Crippen LogP contribution in [0.3, 0.4) is 0 Å². The molecule has 1 unspecified atom stereocenters. The van der Waals surface area contributed by atoms with Gasteiger partial charge in [-0.1, -0.05) is 29.5 Å². The molecule has 2 aromatic rings. The van der Waals surface area contributed by atoms with Crippen LogP contribution in [0.2, 0.25) is 0 Å². The summed E-state index contributed by atoms with van der Waals surface area (Å²) < 4.78 is 7.41. The minimum absolute atomic E-state index is 0.391. The van der Waals surface area contributed by atoms with Crippen LogP contribution in [0.25, 0.3) is 5.69 Å². The summed E-state index contributed by atoms with van der Waals surface area (Å²) in [5, 5.41) is 13.9. The number of aryl methyl sites for hydroxylation is 1. The maximum Gasteiger partial charge on any atom is 0.321 e. The monoisotopic (exact) mass is 446 g/mol. The van der Waals surface area contributed by atoms with Crippen molar-refractivity contribution < 1.29 is 14.3 Å². The summed E-state index contributed by atoms with van der Waals surface area (Å²) in [5.74, 6) is 0.325. The first kappa shape index (κ1) is 23.1. The molecule has 1 aromatic carbocycles. The number of nitrogens with zero attached hydrogens (tertiary/aromatic N) is 4. The Kier molecular flexibility index (Phi) is 7.22. The lowest BCUT2D eigenvalue weighted by molar-refractivity contribution is -0.119. The number of hydrogen-bond acceptors (Lipinski definition) is 7. The number of carbonyl (C=O) groups is 2. The number of benzene rings is 1. The van der Waals surface area contributed by atoms with Crippen molar-refractivity contribution >= 4 is 29.6 Å². The molecule has 1 saturated heterocycles. The molecule has 31 heavy (non-hydrogen) atoms. The molecule has 0 spiro atoms. The Hall–Kier alpha value is -2.59. The highest BCUT2D eigenvalue weighted by atomic mass is 32.2. The quantitative estimate of drug-likeness (QED) is 0.681. The molecule has 3 amide bonds. The summed E-state index contributed by atoms with van der Waals surface area (Å²) in [5.41, 5.74) is 1.63. The van der Waals surface area contributed by atoms with Gasteiger partial charge in [-0.3, -0.25) is 14.7 Å². The molecule has 2 N–H and O–H groups in total. The number of thioether (sulfide) groups is 1. The van der Waals surface area contributed by atoms with Crippen LogP contribution in [0.1, 0.15) is 33.3 Å². The smallest absolute Gasteiger partial charge is 0.321 e. The predicted octanol–water partition coefficient (Wildman–Crippen LogP) is 2.52. The highest BCUT2D eigenvalue weighted by Gasteiger charge is 2.26. The summed E-state index contributed by atoms with van der Waals surface area (Å²) in [6.07, 6.45) is 0. The van der Waals surface area contributed by atoms with E-state index in [2.05, 4.69) is 25.7 Å². The van der Waals surface area contributed by atoms with E-state index in [4.69, 9.17) is 4.74 Å². The molecular weight excluding hydrogens is 416 g/mol. The van der Waals surface area contributed by atoms with Gasteiger partial charge in [0.25, 0.3) is 0 Å². The van der Waals surface area contributed by atoms with Crippen molar-refractivity contribution in [3.63, 3.8) is 0 Å². The Bertz CT molecular complexity index is 916. The van der Waals surface area contributed by atoms with Crippen LogP contribution in [-0.2, 0) is 9.53 Å². The number of anilines is 1. The molecule has 1 aliphatic rings. The van der Waals surface area contributed by atoms with Gasteiger partial charge in [0.15, 0.2) is 5.16 Å². The number of ether oxygens (including phenoxy) is 1. The van der Waals surface area contributed by atoms with Gasteiger partial charge in [0.2, 0.25) is 11.9 Å². The molecule has 2 heterocycles. The van der Waals surface area contributed by atoms with Gasteiger partial charge >= 0.3 is 6.03 Å². The molecular formula is C21H30N6O3S. The Morgan fingerprint density at radius 2 is 1.77 bits per heavy atom. The fourth-order valence-corrected chi connectivity index (χ4v) is 3.89. The summed E-state index contributed by atoms with van der Waals surface area (Å²) in [7, 11) is 0. The number of carbonyl (C=O) groups excluding carboxylic acids is 2. The van der Waals surface area contributed by atoms with Crippen molar-refractivity contribution in [2.75, 3.05) is 31.2 Å². The maximum absolute atomic E-state index is 12.6. The average molecular weight is 447 g/mol. The van der Waals surface area contributed by atoms with Gasteiger partial charge in [-0.05, 0) is 46.8 Å². The van der Waals surface area contributed by atoms with Gasteiger partial charge in [0.1, 0.15) is 0 Å². The van der Waals surface area contributed by atoms with Gasteiger partial charge in [0, 0.05) is 18.6 Å². The molecule has 3 rings (SSSR count). The van der Waals surface area contributed by atoms with E-state index in [9.17, 15) is 9.59 Å². The van der Waals surface area contributed by atoms with Crippen LogP contribution in [0.15, 0.2) is 29.4 Å². The lowest BCUT2D eigenvalue weighted by atomic mass is 10.1. The number of urea groups is 1. The molecule has 1 fully saturated rings. The minimum atomic E-state index is -0.545. The normalized spacial score (nSPS) is 15.5. The second-order valence-corrected chi connectivity index (χ2v) is 9.81. The molecule has 0 aliphatic carbocycles. The van der Waals surface area contributed by atoms with E-state index in [-0.39, 0.29) is 0 Å². The first-order valence-electron chi connectivity index (χ1n) is 10.3. The van der Waals surface area contributed by atoms with Crippen LogP contribution in [-0.4, -0.2) is 63.8 Å². The zero-order valence-electron chi connectivity index (χ0n) is 18.6. The topological polar surface area (TPSA) is 101 Å². The summed E-state index contributed by atoms with van der Waals surface area (Å²) in [4.78, 5) is 26.7. The summed E-state index contributed by atoms with van der Waals surface area (Å²) in [6.45, 7) is 12.0. The number of hydrogen-bond donors (Lipinski definition) is 2. The molecule has 1 aromatic heterocycles. The molecule has 1 aliphatic heterocycles. The van der Waals surface area contributed by atoms with E-state index in [1.807, 2.05) is 56.5 Å². The Morgan fingerprint density at radius 1 is 1.13 bits per heavy atom. The highest BCUT2D eigenvalue weighted by Crippen LogP contribution is 2.29. The molecule has 9 nitrogen and oxygen atoms in total. The van der Waals surface area contributed by atoms with Crippen LogP contribution < -0.4 is 15.5 Å². The minimum Gasteiger partial charge on any atom is -0.378 e. The molecule has 1 atom stereocenters. The van der Waals surface area contributed by atoms with Crippen LogP contribution >= 0.6 is 11.8 Å². The van der Waals surface area contributed by atoms with Crippen molar-refractivity contribution in [2.45, 2.75) is 50.6 Å². The first-order valence-corrected chi connectivity index (χ1v) is 11.2. The number of nitrogens with one attached hydrogen (secondary N) is 2. The molecule has 10 heteroatoms. The predicted molar refractivity (Wildman–Crippen MR) is 121 cm³/mol. The SMILES string of the molecule is Cc1ccc(-n2c(SC(C)C(=O)NC(=O)NC(C)(C)C)nnc2N2CCOCC2)cc1. The largest absolute Gasteiger partial charge is 0.378 e. The van der Waals surface area contributed by atoms with Crippen molar-refractivity contribution in [1.29, 1.82) is 0 Å². The number of rotatable bonds is 5. The highest BCUT2D eigenvalue weighted by molar-refractivity contribution is 8.00. The number of aromatic nitrogens is 3. The van der Waals surface area contributed by atoms with Gasteiger partial charge in [0.05, 0.1) is 24.2 Å². The van der Waals surface area contributed by atoms with Crippen LogP contribution in [0, 0.1) is 6.92 Å². The van der Waals surface area contributed by atoms with E-state index in [0.29, 0.717) is 24.3 Å². The third-order valence-electron chi connectivity index (χ3n) is 4.58. The van der Waals surface area contributed by atoms with Crippen molar-refractivity contribution in [3.8, 4) is 5.69 Å². The Morgan fingerprint density at radius 3 is 2.39 bits per heavy atom. The van der Waals surface area contributed by atoms with E-state index in [1.165, 1.54) is 11.8 Å². The molecule has 0 radical (unpaired) electrons. The number of amides is 3. The van der Waals surface area contributed by atoms with E-state index >= 15 is 0 Å². The van der Waals surface area contributed by atoms with Gasteiger partial charge < -0.3 is 15.0 Å². The lowest BCUT2D eigenvalue weighted by Gasteiger charge is -2.28. The summed E-state index contributed by atoms with van der Waals surface area (Å²) in [6, 6.07) is 7.56. The lowest BCUT2D eigenvalue weighted by Crippen LogP contribution is -2.49. The zero-order chi connectivity index (χ0) is 22.6. The van der Waals surface area contributed by atoms with Crippen molar-refractivity contribution in [1.82, 2.24) is 25.4 Å². The van der Waals surface area contributed by atoms with Gasteiger partial charge in [-0.2, -0.15) is 0 Å². The fraction of sp³-hybridized carbons (Fsp3) is 0.524. The fourth-order valence-electron chi connectivity index (χ4n) is 3.02. The second-order valence-electron chi connectivity index (χ2n) is 8.51. The standard InChI is InChI=1S/C21H30N6O3S/c1-14-6-8-16(9-7-14)27-19(26-10-12-30-13-11-26)24-25-20(27)31-15(2)17(28)22-18(29)23-21(3,4)5/h6-9,15H,10-13H2,1-5H3,(H2,22,23,28,29). The first-order chi connectivity index (χ1) is 14.6. The zero-order valence-corrected chi connectivity index (χ0v) is 19.5. The van der Waals surface area contributed by atoms with Gasteiger partial charge in [-0.25, -0.2) is 4.79 Å². The third-order valence-corrected chi connectivity index (χ3v) is 5.62. The Balaban J connectivity index is 1.81. The number of imide groups is 1. The number of morpholine rings is 1. The third kappa shape index (κ3) is 6.20. The van der Waals surface area contributed by atoms with E-state index < -0.39 is 22.7 Å². The van der Waals surface area contributed by atoms with Crippen LogP contribution in [0.4, 0.5) is 10.7 Å². The van der Waals surface area contributed by atoms with Crippen molar-refractivity contribution in [3.05, 3.63) is 29.8 Å². The van der Waals surface area contributed by atoms with Crippen LogP contribution in [0.5, 0.6) is 0 Å². The summed E-state index contributed by atoms with van der Waals surface area (Å²) >= 11 is 1.26. The molecule has 0 saturated carbocycles. The maximum atomic E-state index is 12.6. The molecule has 168 valence electrons. The van der Waals surface area contributed by atoms with E-state index in [1.54, 1.807) is 6.92 Å². The second kappa shape index (κ2) is 9.69. The average Bonchev–Trinajstić information content (AvgIpc) is 3.11. The van der Waals surface area contributed by atoms with E-state index in [0.717, 1.165) is 24.3 Å². The van der Waals surface area contributed by atoms with Crippen molar-refractivity contribution in [2.24, 2.45) is 0 Å².